The zero-order valence-electron chi connectivity index (χ0n) is 11.8. The Kier molecular flexibility index (Phi) is 6.17. The molecule has 1 heterocycles. The number of halogens is 1. The van der Waals surface area contributed by atoms with Crippen molar-refractivity contribution in [2.75, 3.05) is 13.0 Å². The number of aromatic nitrogens is 1. The monoisotopic (exact) mass is 293 g/mol. The summed E-state index contributed by atoms with van der Waals surface area (Å²) in [6, 6.07) is 1.94. The van der Waals surface area contributed by atoms with Crippen LogP contribution in [0.2, 0.25) is 0 Å². The smallest absolute Gasteiger partial charge is 0.139 e. The van der Waals surface area contributed by atoms with Crippen LogP contribution in [0.15, 0.2) is 18.5 Å². The Balaban J connectivity index is 1.96. The van der Waals surface area contributed by atoms with E-state index in [1.165, 1.54) is 0 Å². The minimum Gasteiger partial charge on any atom is -0.489 e. The van der Waals surface area contributed by atoms with E-state index in [-0.39, 0.29) is 6.10 Å². The van der Waals surface area contributed by atoms with Crippen LogP contribution in [-0.4, -0.2) is 30.2 Å². The molecule has 1 aliphatic rings. The Hall–Kier alpha value is -1.24. The number of methoxy groups -OCH3 is 1. The standard InChI is InChI=1S/C16H20ClNO2/c1-19-14-6-4-7-15(10-14)20-16-9-13(11-18-12-16)5-2-3-8-17/h9,11-12,14-15H,3-4,6-8,10H2,1H3. The molecule has 0 aromatic carbocycles. The first-order valence-corrected chi connectivity index (χ1v) is 7.54. The lowest BCUT2D eigenvalue weighted by molar-refractivity contribution is 0.0208. The molecular weight excluding hydrogens is 274 g/mol. The molecule has 1 aromatic rings. The van der Waals surface area contributed by atoms with E-state index in [1.807, 2.05) is 6.07 Å². The predicted molar refractivity (Wildman–Crippen MR) is 80.1 cm³/mol. The summed E-state index contributed by atoms with van der Waals surface area (Å²) in [6.45, 7) is 0. The van der Waals surface area contributed by atoms with E-state index in [1.54, 1.807) is 19.5 Å². The highest BCUT2D eigenvalue weighted by Gasteiger charge is 2.23. The third-order valence-electron chi connectivity index (χ3n) is 3.38. The fraction of sp³-hybridized carbons (Fsp3) is 0.562. The number of nitrogens with zero attached hydrogens (tertiary/aromatic N) is 1. The Morgan fingerprint density at radius 3 is 3.00 bits per heavy atom. The molecule has 0 amide bonds. The van der Waals surface area contributed by atoms with Crippen molar-refractivity contribution in [2.45, 2.75) is 44.3 Å². The molecule has 3 nitrogen and oxygen atoms in total. The minimum atomic E-state index is 0.210. The van der Waals surface area contributed by atoms with Crippen molar-refractivity contribution in [3.63, 3.8) is 0 Å². The average Bonchev–Trinajstić information content (AvgIpc) is 2.48. The summed E-state index contributed by atoms with van der Waals surface area (Å²) in [5.41, 5.74) is 0.867. The third-order valence-corrected chi connectivity index (χ3v) is 3.57. The van der Waals surface area contributed by atoms with E-state index in [9.17, 15) is 0 Å². The summed E-state index contributed by atoms with van der Waals surface area (Å²) in [5.74, 6) is 7.38. The summed E-state index contributed by atoms with van der Waals surface area (Å²) in [6.07, 6.45) is 8.97. The highest BCUT2D eigenvalue weighted by atomic mass is 35.5. The number of alkyl halides is 1. The van der Waals surface area contributed by atoms with E-state index >= 15 is 0 Å². The van der Waals surface area contributed by atoms with Crippen LogP contribution in [-0.2, 0) is 4.74 Å². The summed E-state index contributed by atoms with van der Waals surface area (Å²) >= 11 is 5.60. The normalized spacial score (nSPS) is 21.9. The molecule has 0 bridgehead atoms. The van der Waals surface area contributed by atoms with Gasteiger partial charge in [0.25, 0.3) is 0 Å². The summed E-state index contributed by atoms with van der Waals surface area (Å²) in [7, 11) is 1.77. The average molecular weight is 294 g/mol. The van der Waals surface area contributed by atoms with Crippen molar-refractivity contribution in [3.05, 3.63) is 24.0 Å². The van der Waals surface area contributed by atoms with Gasteiger partial charge >= 0.3 is 0 Å². The van der Waals surface area contributed by atoms with Crippen molar-refractivity contribution in [1.29, 1.82) is 0 Å². The Labute approximate surface area is 125 Å². The van der Waals surface area contributed by atoms with Gasteiger partial charge in [0.2, 0.25) is 0 Å². The predicted octanol–water partition coefficient (Wildman–Crippen LogP) is 3.40. The lowest BCUT2D eigenvalue weighted by Gasteiger charge is -2.28. The van der Waals surface area contributed by atoms with Gasteiger partial charge in [0, 0.05) is 37.6 Å². The molecule has 1 fully saturated rings. The van der Waals surface area contributed by atoms with Crippen molar-refractivity contribution >= 4 is 11.6 Å². The molecule has 0 radical (unpaired) electrons. The zero-order chi connectivity index (χ0) is 14.2. The second kappa shape index (κ2) is 8.14. The second-order valence-electron chi connectivity index (χ2n) is 4.91. The van der Waals surface area contributed by atoms with Gasteiger partial charge in [0.15, 0.2) is 0 Å². The van der Waals surface area contributed by atoms with Gasteiger partial charge in [-0.1, -0.05) is 11.8 Å². The summed E-state index contributed by atoms with van der Waals surface area (Å²) in [4.78, 5) is 4.18. The first kappa shape index (κ1) is 15.2. The van der Waals surface area contributed by atoms with E-state index in [4.69, 9.17) is 21.1 Å². The fourth-order valence-electron chi connectivity index (χ4n) is 2.38. The molecule has 108 valence electrons. The number of pyridine rings is 1. The van der Waals surface area contributed by atoms with E-state index in [0.717, 1.165) is 37.0 Å². The molecule has 1 aromatic heterocycles. The van der Waals surface area contributed by atoms with Gasteiger partial charge in [0.05, 0.1) is 12.3 Å². The number of ether oxygens (including phenoxy) is 2. The number of hydrogen-bond donors (Lipinski definition) is 0. The summed E-state index contributed by atoms with van der Waals surface area (Å²) < 4.78 is 11.4. The largest absolute Gasteiger partial charge is 0.489 e. The molecule has 2 rings (SSSR count). The van der Waals surface area contributed by atoms with Crippen molar-refractivity contribution in [1.82, 2.24) is 4.98 Å². The SMILES string of the molecule is COC1CCCC(Oc2cncc(C#CCCCl)c2)C1. The van der Waals surface area contributed by atoms with Crippen LogP contribution >= 0.6 is 11.6 Å². The topological polar surface area (TPSA) is 31.4 Å². The quantitative estimate of drug-likeness (QED) is 0.630. The van der Waals surface area contributed by atoms with Crippen LogP contribution in [0, 0.1) is 11.8 Å². The number of rotatable bonds is 4. The van der Waals surface area contributed by atoms with Crippen molar-refractivity contribution in [2.24, 2.45) is 0 Å². The van der Waals surface area contributed by atoms with Gasteiger partial charge in [-0.15, -0.1) is 11.6 Å². The van der Waals surface area contributed by atoms with Crippen LogP contribution in [0.3, 0.4) is 0 Å². The lowest BCUT2D eigenvalue weighted by Crippen LogP contribution is -2.29. The number of hydrogen-bond acceptors (Lipinski definition) is 3. The molecule has 2 unspecified atom stereocenters. The first-order valence-electron chi connectivity index (χ1n) is 7.01. The van der Waals surface area contributed by atoms with Crippen molar-refractivity contribution in [3.8, 4) is 17.6 Å². The molecule has 2 atom stereocenters. The minimum absolute atomic E-state index is 0.210. The van der Waals surface area contributed by atoms with Gasteiger partial charge in [-0.25, -0.2) is 0 Å². The van der Waals surface area contributed by atoms with E-state index in [2.05, 4.69) is 16.8 Å². The third kappa shape index (κ3) is 4.70. The van der Waals surface area contributed by atoms with E-state index in [0.29, 0.717) is 18.4 Å². The second-order valence-corrected chi connectivity index (χ2v) is 5.29. The molecule has 0 saturated heterocycles. The molecule has 20 heavy (non-hydrogen) atoms. The molecule has 1 aliphatic carbocycles. The van der Waals surface area contributed by atoms with Gasteiger partial charge in [-0.3, -0.25) is 4.98 Å². The van der Waals surface area contributed by atoms with Crippen LogP contribution < -0.4 is 4.74 Å². The molecule has 1 saturated carbocycles. The Morgan fingerprint density at radius 1 is 1.35 bits per heavy atom. The Bertz CT molecular complexity index is 481. The molecule has 4 heteroatoms. The lowest BCUT2D eigenvalue weighted by atomic mass is 9.95. The first-order chi connectivity index (χ1) is 9.81. The highest BCUT2D eigenvalue weighted by Crippen LogP contribution is 2.25. The molecule has 0 spiro atoms. The van der Waals surface area contributed by atoms with Gasteiger partial charge in [0.1, 0.15) is 11.9 Å². The summed E-state index contributed by atoms with van der Waals surface area (Å²) in [5, 5.41) is 0. The van der Waals surface area contributed by atoms with Crippen molar-refractivity contribution < 1.29 is 9.47 Å². The van der Waals surface area contributed by atoms with Gasteiger partial charge < -0.3 is 9.47 Å². The van der Waals surface area contributed by atoms with Gasteiger partial charge in [-0.2, -0.15) is 0 Å². The maximum Gasteiger partial charge on any atom is 0.139 e. The molecule has 0 aliphatic heterocycles. The molecular formula is C16H20ClNO2. The fourth-order valence-corrected chi connectivity index (χ4v) is 2.47. The molecule has 0 N–H and O–H groups in total. The van der Waals surface area contributed by atoms with Crippen LogP contribution in [0.25, 0.3) is 0 Å². The van der Waals surface area contributed by atoms with E-state index < -0.39 is 0 Å². The van der Waals surface area contributed by atoms with Crippen LogP contribution in [0.5, 0.6) is 5.75 Å². The zero-order valence-corrected chi connectivity index (χ0v) is 12.5. The Morgan fingerprint density at radius 2 is 2.20 bits per heavy atom. The van der Waals surface area contributed by atoms with Crippen LogP contribution in [0.1, 0.15) is 37.7 Å². The highest BCUT2D eigenvalue weighted by molar-refractivity contribution is 6.18. The maximum atomic E-state index is 6.00. The van der Waals surface area contributed by atoms with Gasteiger partial charge in [-0.05, 0) is 25.3 Å². The van der Waals surface area contributed by atoms with Crippen LogP contribution in [0.4, 0.5) is 0 Å². The maximum absolute atomic E-state index is 6.00.